The molecule has 3 nitrogen and oxygen atoms in total. The van der Waals surface area contributed by atoms with Crippen LogP contribution in [0.2, 0.25) is 0 Å². The summed E-state index contributed by atoms with van der Waals surface area (Å²) in [6, 6.07) is 0. The minimum atomic E-state index is 0.807. The van der Waals surface area contributed by atoms with E-state index in [1.165, 1.54) is 11.3 Å². The van der Waals surface area contributed by atoms with Crippen molar-refractivity contribution in [2.24, 2.45) is 0 Å². The zero-order chi connectivity index (χ0) is 10.7. The first-order valence-electron chi connectivity index (χ1n) is 4.88. The molecule has 0 aromatic carbocycles. The topological polar surface area (TPSA) is 29.9 Å². The zero-order valence-electron chi connectivity index (χ0n) is 9.52. The molecule has 14 heavy (non-hydrogen) atoms. The molecule has 0 unspecified atom stereocenters. The highest BCUT2D eigenvalue weighted by Gasteiger charge is 2.07. The number of hydrogen-bond donors (Lipinski definition) is 1. The highest BCUT2D eigenvalue weighted by molar-refractivity contribution is 5.22. The van der Waals surface area contributed by atoms with Gasteiger partial charge in [-0.25, -0.2) is 0 Å². The fourth-order valence-electron chi connectivity index (χ4n) is 1.46. The Hall–Kier alpha value is -1.09. The maximum atomic E-state index is 4.46. The van der Waals surface area contributed by atoms with Gasteiger partial charge in [0.25, 0.3) is 0 Å². The van der Waals surface area contributed by atoms with E-state index in [0.717, 1.165) is 24.4 Å². The lowest BCUT2D eigenvalue weighted by Crippen LogP contribution is -2.15. The van der Waals surface area contributed by atoms with E-state index in [9.17, 15) is 0 Å². The largest absolute Gasteiger partial charge is 0.316 e. The van der Waals surface area contributed by atoms with Gasteiger partial charge in [0.1, 0.15) is 0 Å². The monoisotopic (exact) mass is 193 g/mol. The molecule has 0 aliphatic heterocycles. The smallest absolute Gasteiger partial charge is 0.0632 e. The summed E-state index contributed by atoms with van der Waals surface area (Å²) in [5, 5.41) is 7.55. The lowest BCUT2D eigenvalue weighted by Gasteiger charge is -2.07. The Morgan fingerprint density at radius 2 is 2.07 bits per heavy atom. The van der Waals surface area contributed by atoms with Crippen molar-refractivity contribution in [3.8, 4) is 0 Å². The third-order valence-corrected chi connectivity index (χ3v) is 2.54. The van der Waals surface area contributed by atoms with Crippen molar-refractivity contribution >= 4 is 0 Å². The zero-order valence-corrected chi connectivity index (χ0v) is 9.52. The first kappa shape index (κ1) is 11.0. The summed E-state index contributed by atoms with van der Waals surface area (Å²) in [6.07, 6.45) is 0. The summed E-state index contributed by atoms with van der Waals surface area (Å²) in [7, 11) is 1.93. The van der Waals surface area contributed by atoms with Crippen molar-refractivity contribution in [2.75, 3.05) is 13.6 Å². The molecule has 78 valence electrons. The standard InChI is InChI=1S/C11H19N3/c1-8(6-12-5)7-14-11(4)9(2)10(3)13-14/h12H,1,6-7H2,2-5H3. The normalized spacial score (nSPS) is 10.6. The highest BCUT2D eigenvalue weighted by Crippen LogP contribution is 2.11. The van der Waals surface area contributed by atoms with Gasteiger partial charge in [0.2, 0.25) is 0 Å². The SMILES string of the molecule is C=C(CNC)Cn1nc(C)c(C)c1C. The van der Waals surface area contributed by atoms with E-state index in [0.29, 0.717) is 0 Å². The third-order valence-electron chi connectivity index (χ3n) is 2.54. The molecule has 0 saturated heterocycles. The van der Waals surface area contributed by atoms with Crippen molar-refractivity contribution in [2.45, 2.75) is 27.3 Å². The van der Waals surface area contributed by atoms with Crippen LogP contribution in [0.1, 0.15) is 17.0 Å². The fourth-order valence-corrected chi connectivity index (χ4v) is 1.46. The summed E-state index contributed by atoms with van der Waals surface area (Å²) in [4.78, 5) is 0. The van der Waals surface area contributed by atoms with E-state index in [2.05, 4.69) is 30.8 Å². The van der Waals surface area contributed by atoms with Gasteiger partial charge >= 0.3 is 0 Å². The molecule has 0 fully saturated rings. The van der Waals surface area contributed by atoms with Crippen LogP contribution in [0.15, 0.2) is 12.2 Å². The predicted octanol–water partition coefficient (Wildman–Crippen LogP) is 1.58. The lowest BCUT2D eigenvalue weighted by molar-refractivity contribution is 0.633. The summed E-state index contributed by atoms with van der Waals surface area (Å²) in [6.45, 7) is 11.9. The molecule has 1 aromatic rings. The Bertz CT molecular complexity index is 337. The van der Waals surface area contributed by atoms with Crippen LogP contribution in [0, 0.1) is 20.8 Å². The molecule has 1 heterocycles. The van der Waals surface area contributed by atoms with Gasteiger partial charge in [-0.3, -0.25) is 4.68 Å². The first-order valence-corrected chi connectivity index (χ1v) is 4.88. The van der Waals surface area contributed by atoms with Crippen molar-refractivity contribution < 1.29 is 0 Å². The molecule has 0 bridgehead atoms. The number of hydrogen-bond acceptors (Lipinski definition) is 2. The summed E-state index contributed by atoms with van der Waals surface area (Å²) in [5.74, 6) is 0. The second-order valence-electron chi connectivity index (χ2n) is 3.73. The van der Waals surface area contributed by atoms with Crippen molar-refractivity contribution in [1.29, 1.82) is 0 Å². The van der Waals surface area contributed by atoms with Gasteiger partial charge in [0.15, 0.2) is 0 Å². The van der Waals surface area contributed by atoms with Crippen LogP contribution >= 0.6 is 0 Å². The van der Waals surface area contributed by atoms with Crippen molar-refractivity contribution in [3.63, 3.8) is 0 Å². The second kappa shape index (κ2) is 4.42. The Morgan fingerprint density at radius 3 is 2.50 bits per heavy atom. The van der Waals surface area contributed by atoms with Crippen LogP contribution < -0.4 is 5.32 Å². The fraction of sp³-hybridized carbons (Fsp3) is 0.545. The number of aromatic nitrogens is 2. The molecular weight excluding hydrogens is 174 g/mol. The minimum Gasteiger partial charge on any atom is -0.316 e. The van der Waals surface area contributed by atoms with Crippen molar-refractivity contribution in [3.05, 3.63) is 29.1 Å². The minimum absolute atomic E-state index is 0.807. The van der Waals surface area contributed by atoms with E-state index in [1.807, 2.05) is 18.7 Å². The first-order chi connectivity index (χ1) is 6.56. The van der Waals surface area contributed by atoms with Crippen LogP contribution in [0.25, 0.3) is 0 Å². The van der Waals surface area contributed by atoms with Gasteiger partial charge in [-0.15, -0.1) is 0 Å². The summed E-state index contributed by atoms with van der Waals surface area (Å²) in [5.41, 5.74) is 4.78. The van der Waals surface area contributed by atoms with Crippen LogP contribution in [-0.4, -0.2) is 23.4 Å². The number of likely N-dealkylation sites (N-methyl/N-ethyl adjacent to an activating group) is 1. The molecule has 0 aliphatic rings. The van der Waals surface area contributed by atoms with Gasteiger partial charge in [0.05, 0.1) is 12.2 Å². The molecule has 0 radical (unpaired) electrons. The van der Waals surface area contributed by atoms with Gasteiger partial charge in [-0.1, -0.05) is 6.58 Å². The van der Waals surface area contributed by atoms with E-state index < -0.39 is 0 Å². The average molecular weight is 193 g/mol. The van der Waals surface area contributed by atoms with Crippen LogP contribution in [0.4, 0.5) is 0 Å². The van der Waals surface area contributed by atoms with Gasteiger partial charge in [0, 0.05) is 12.2 Å². The Labute approximate surface area is 85.8 Å². The van der Waals surface area contributed by atoms with Gasteiger partial charge in [-0.05, 0) is 39.0 Å². The van der Waals surface area contributed by atoms with Crippen LogP contribution in [0.5, 0.6) is 0 Å². The summed E-state index contributed by atoms with van der Waals surface area (Å²) < 4.78 is 2.02. The summed E-state index contributed by atoms with van der Waals surface area (Å²) >= 11 is 0. The molecular formula is C11H19N3. The molecule has 0 aliphatic carbocycles. The number of nitrogens with zero attached hydrogens (tertiary/aromatic N) is 2. The average Bonchev–Trinajstić information content (AvgIpc) is 2.34. The maximum absolute atomic E-state index is 4.46. The molecule has 1 rings (SSSR count). The second-order valence-corrected chi connectivity index (χ2v) is 3.73. The van der Waals surface area contributed by atoms with E-state index in [4.69, 9.17) is 0 Å². The predicted molar refractivity (Wildman–Crippen MR) is 59.5 cm³/mol. The number of rotatable bonds is 4. The maximum Gasteiger partial charge on any atom is 0.0632 e. The Kier molecular flexibility index (Phi) is 3.47. The molecule has 3 heteroatoms. The van der Waals surface area contributed by atoms with Gasteiger partial charge < -0.3 is 5.32 Å². The lowest BCUT2D eigenvalue weighted by atomic mass is 10.2. The van der Waals surface area contributed by atoms with Crippen LogP contribution in [-0.2, 0) is 6.54 Å². The highest BCUT2D eigenvalue weighted by atomic mass is 15.3. The quantitative estimate of drug-likeness (QED) is 0.736. The Balaban J connectivity index is 2.77. The molecule has 0 spiro atoms. The molecule has 0 amide bonds. The molecule has 1 N–H and O–H groups in total. The molecule has 1 aromatic heterocycles. The van der Waals surface area contributed by atoms with E-state index >= 15 is 0 Å². The number of nitrogens with one attached hydrogen (secondary N) is 1. The Morgan fingerprint density at radius 1 is 1.43 bits per heavy atom. The van der Waals surface area contributed by atoms with Crippen LogP contribution in [0.3, 0.4) is 0 Å². The molecule has 0 saturated carbocycles. The van der Waals surface area contributed by atoms with E-state index in [1.54, 1.807) is 0 Å². The third kappa shape index (κ3) is 2.23. The van der Waals surface area contributed by atoms with Crippen molar-refractivity contribution in [1.82, 2.24) is 15.1 Å². The van der Waals surface area contributed by atoms with Gasteiger partial charge in [-0.2, -0.15) is 5.10 Å². The van der Waals surface area contributed by atoms with E-state index in [-0.39, 0.29) is 0 Å². The molecule has 0 atom stereocenters. The number of aryl methyl sites for hydroxylation is 1.